The molecule has 1 aromatic rings. The first kappa shape index (κ1) is 17.5. The smallest absolute Gasteiger partial charge is 0.240 e. The van der Waals surface area contributed by atoms with Crippen LogP contribution in [0.1, 0.15) is 77.0 Å². The molecule has 1 atom stereocenters. The zero-order valence-corrected chi connectivity index (χ0v) is 14.8. The lowest BCUT2D eigenvalue weighted by Gasteiger charge is -2.30. The first-order valence-corrected chi connectivity index (χ1v) is 8.61. The maximum absolute atomic E-state index is 12.6. The number of carbonyl (C=O) groups is 1. The minimum Gasteiger partial charge on any atom is -0.348 e. The molecule has 0 aliphatic heterocycles. The normalized spacial score (nSPS) is 18.7. The van der Waals surface area contributed by atoms with E-state index < -0.39 is 5.41 Å². The van der Waals surface area contributed by atoms with Crippen molar-refractivity contribution in [3.63, 3.8) is 0 Å². The molecule has 1 saturated carbocycles. The lowest BCUT2D eigenvalue weighted by Crippen LogP contribution is -2.42. The van der Waals surface area contributed by atoms with E-state index in [0.717, 1.165) is 24.8 Å². The van der Waals surface area contributed by atoms with Crippen LogP contribution >= 0.6 is 0 Å². The van der Waals surface area contributed by atoms with E-state index in [-0.39, 0.29) is 17.4 Å². The molecular weight excluding hydrogens is 284 g/mol. The fourth-order valence-electron chi connectivity index (χ4n) is 3.23. The van der Waals surface area contributed by atoms with E-state index in [1.165, 1.54) is 5.56 Å². The van der Waals surface area contributed by atoms with Gasteiger partial charge >= 0.3 is 0 Å². The number of rotatable bonds is 3. The Hall–Kier alpha value is -1.82. The topological polar surface area (TPSA) is 52.9 Å². The van der Waals surface area contributed by atoms with Crippen molar-refractivity contribution in [2.75, 3.05) is 0 Å². The average molecular weight is 312 g/mol. The van der Waals surface area contributed by atoms with E-state index in [2.05, 4.69) is 56.4 Å². The van der Waals surface area contributed by atoms with Gasteiger partial charge < -0.3 is 5.32 Å². The molecule has 0 radical (unpaired) electrons. The summed E-state index contributed by atoms with van der Waals surface area (Å²) in [5.41, 5.74) is 1.66. The Kier molecular flexibility index (Phi) is 5.14. The van der Waals surface area contributed by atoms with Crippen LogP contribution in [0.15, 0.2) is 24.3 Å². The number of hydrogen-bond donors (Lipinski definition) is 1. The second-order valence-corrected chi connectivity index (χ2v) is 7.82. The fourth-order valence-corrected chi connectivity index (χ4v) is 3.23. The Morgan fingerprint density at radius 3 is 2.22 bits per heavy atom. The predicted molar refractivity (Wildman–Crippen MR) is 92.8 cm³/mol. The van der Waals surface area contributed by atoms with Crippen molar-refractivity contribution in [2.45, 2.75) is 71.3 Å². The summed E-state index contributed by atoms with van der Waals surface area (Å²) in [4.78, 5) is 12.6. The zero-order chi connectivity index (χ0) is 17.1. The lowest BCUT2D eigenvalue weighted by molar-refractivity contribution is -0.130. The number of benzene rings is 1. The van der Waals surface area contributed by atoms with Crippen LogP contribution in [0, 0.1) is 16.7 Å². The number of amides is 1. The number of carbonyl (C=O) groups excluding carboxylic acids is 1. The Bertz CT molecular complexity index is 584. The SMILES string of the molecule is CC(NC(=O)C1(C#N)CCCCC1)c1ccc(C(C)(C)C)cc1. The van der Waals surface area contributed by atoms with Gasteiger partial charge in [0.05, 0.1) is 12.1 Å². The van der Waals surface area contributed by atoms with Gasteiger partial charge in [0.2, 0.25) is 5.91 Å². The maximum Gasteiger partial charge on any atom is 0.240 e. The minimum atomic E-state index is -0.822. The molecule has 0 spiro atoms. The Morgan fingerprint density at radius 1 is 1.17 bits per heavy atom. The first-order valence-electron chi connectivity index (χ1n) is 8.61. The summed E-state index contributed by atoms with van der Waals surface area (Å²) >= 11 is 0. The van der Waals surface area contributed by atoms with Crippen molar-refractivity contribution in [1.29, 1.82) is 5.26 Å². The molecular formula is C20H28N2O. The molecule has 1 aliphatic carbocycles. The molecule has 1 amide bonds. The molecule has 0 aromatic heterocycles. The quantitative estimate of drug-likeness (QED) is 0.884. The molecule has 3 heteroatoms. The van der Waals surface area contributed by atoms with E-state index in [1.54, 1.807) is 0 Å². The highest BCUT2D eigenvalue weighted by molar-refractivity contribution is 5.85. The van der Waals surface area contributed by atoms with Crippen LogP contribution in [0.2, 0.25) is 0 Å². The van der Waals surface area contributed by atoms with Gasteiger partial charge in [-0.15, -0.1) is 0 Å². The summed E-state index contributed by atoms with van der Waals surface area (Å²) in [7, 11) is 0. The average Bonchev–Trinajstić information content (AvgIpc) is 2.54. The second-order valence-electron chi connectivity index (χ2n) is 7.82. The van der Waals surface area contributed by atoms with Crippen LogP contribution in [0.25, 0.3) is 0 Å². The van der Waals surface area contributed by atoms with Gasteiger partial charge in [0.25, 0.3) is 0 Å². The molecule has 124 valence electrons. The third-order valence-corrected chi connectivity index (χ3v) is 4.98. The highest BCUT2D eigenvalue weighted by Gasteiger charge is 2.40. The predicted octanol–water partition coefficient (Wildman–Crippen LogP) is 4.64. The van der Waals surface area contributed by atoms with Crippen molar-refractivity contribution in [3.05, 3.63) is 35.4 Å². The molecule has 1 fully saturated rings. The van der Waals surface area contributed by atoms with Gasteiger partial charge in [-0.2, -0.15) is 5.26 Å². The molecule has 0 heterocycles. The summed E-state index contributed by atoms with van der Waals surface area (Å²) in [5.74, 6) is -0.105. The summed E-state index contributed by atoms with van der Waals surface area (Å²) in [5, 5.41) is 12.6. The second kappa shape index (κ2) is 6.74. The van der Waals surface area contributed by atoms with E-state index in [4.69, 9.17) is 0 Å². The number of nitriles is 1. The number of nitrogens with zero attached hydrogens (tertiary/aromatic N) is 1. The maximum atomic E-state index is 12.6. The van der Waals surface area contributed by atoms with Crippen molar-refractivity contribution < 1.29 is 4.79 Å². The van der Waals surface area contributed by atoms with Crippen LogP contribution in [-0.4, -0.2) is 5.91 Å². The van der Waals surface area contributed by atoms with Crippen molar-refractivity contribution >= 4 is 5.91 Å². The van der Waals surface area contributed by atoms with Crippen LogP contribution in [0.3, 0.4) is 0 Å². The third kappa shape index (κ3) is 3.93. The van der Waals surface area contributed by atoms with Gasteiger partial charge in [0.1, 0.15) is 5.41 Å². The molecule has 1 unspecified atom stereocenters. The highest BCUT2D eigenvalue weighted by atomic mass is 16.2. The van der Waals surface area contributed by atoms with Crippen molar-refractivity contribution in [1.82, 2.24) is 5.32 Å². The van der Waals surface area contributed by atoms with Gasteiger partial charge in [0, 0.05) is 0 Å². The molecule has 1 aromatic carbocycles. The van der Waals surface area contributed by atoms with Gasteiger partial charge in [-0.3, -0.25) is 4.79 Å². The number of nitrogens with one attached hydrogen (secondary N) is 1. The van der Waals surface area contributed by atoms with Gasteiger partial charge in [0.15, 0.2) is 0 Å². The summed E-state index contributed by atoms with van der Waals surface area (Å²) < 4.78 is 0. The van der Waals surface area contributed by atoms with Crippen LogP contribution in [0.5, 0.6) is 0 Å². The Balaban J connectivity index is 2.08. The van der Waals surface area contributed by atoms with Crippen LogP contribution < -0.4 is 5.32 Å². The third-order valence-electron chi connectivity index (χ3n) is 4.98. The molecule has 0 saturated heterocycles. The molecule has 3 nitrogen and oxygen atoms in total. The highest BCUT2D eigenvalue weighted by Crippen LogP contribution is 2.36. The first-order chi connectivity index (χ1) is 10.8. The van der Waals surface area contributed by atoms with E-state index in [0.29, 0.717) is 12.8 Å². The van der Waals surface area contributed by atoms with Crippen molar-refractivity contribution in [2.24, 2.45) is 5.41 Å². The Morgan fingerprint density at radius 2 is 1.74 bits per heavy atom. The van der Waals surface area contributed by atoms with E-state index >= 15 is 0 Å². The summed E-state index contributed by atoms with van der Waals surface area (Å²) in [6.45, 7) is 8.55. The van der Waals surface area contributed by atoms with Crippen LogP contribution in [0.4, 0.5) is 0 Å². The molecule has 0 bridgehead atoms. The van der Waals surface area contributed by atoms with Crippen LogP contribution in [-0.2, 0) is 10.2 Å². The molecule has 1 N–H and O–H groups in total. The van der Waals surface area contributed by atoms with E-state index in [1.807, 2.05) is 6.92 Å². The molecule has 23 heavy (non-hydrogen) atoms. The summed E-state index contributed by atoms with van der Waals surface area (Å²) in [6.07, 6.45) is 4.43. The minimum absolute atomic E-state index is 0.0799. The number of hydrogen-bond acceptors (Lipinski definition) is 2. The molecule has 2 rings (SSSR count). The van der Waals surface area contributed by atoms with Gasteiger partial charge in [-0.05, 0) is 36.3 Å². The van der Waals surface area contributed by atoms with Gasteiger partial charge in [-0.25, -0.2) is 0 Å². The van der Waals surface area contributed by atoms with Crippen molar-refractivity contribution in [3.8, 4) is 6.07 Å². The lowest BCUT2D eigenvalue weighted by atomic mass is 9.74. The molecule has 1 aliphatic rings. The largest absolute Gasteiger partial charge is 0.348 e. The van der Waals surface area contributed by atoms with E-state index in [9.17, 15) is 10.1 Å². The fraction of sp³-hybridized carbons (Fsp3) is 0.600. The van der Waals surface area contributed by atoms with Gasteiger partial charge in [-0.1, -0.05) is 64.3 Å². The zero-order valence-electron chi connectivity index (χ0n) is 14.8. The standard InChI is InChI=1S/C20H28N2O/c1-15(16-8-10-17(11-9-16)19(2,3)4)22-18(23)20(14-21)12-6-5-7-13-20/h8-11,15H,5-7,12-13H2,1-4H3,(H,22,23). The monoisotopic (exact) mass is 312 g/mol. The summed E-state index contributed by atoms with van der Waals surface area (Å²) in [6, 6.07) is 10.6. The Labute approximate surface area is 140 Å².